The number of allylic oxidation sites excluding steroid dienone is 1. The van der Waals surface area contributed by atoms with E-state index in [-0.39, 0.29) is 5.57 Å². The Balaban J connectivity index is 3.10. The monoisotopic (exact) mass is 246 g/mol. The number of carboxylic acid groups (broad SMARTS) is 2. The van der Waals surface area contributed by atoms with Gasteiger partial charge in [-0.05, 0) is 31.1 Å². The molecule has 1 rings (SSSR count). The van der Waals surface area contributed by atoms with E-state index < -0.39 is 11.9 Å². The molecule has 94 valence electrons. The van der Waals surface area contributed by atoms with E-state index in [0.29, 0.717) is 11.6 Å². The number of aliphatic carboxylic acids is 2. The minimum atomic E-state index is -1.28. The van der Waals surface area contributed by atoms with E-state index in [1.807, 2.05) is 31.2 Å². The molecule has 18 heavy (non-hydrogen) atoms. The number of carboxylic acids is 2. The van der Waals surface area contributed by atoms with Gasteiger partial charge in [0, 0.05) is 6.08 Å². The highest BCUT2D eigenvalue weighted by molar-refractivity contribution is 5.98. The van der Waals surface area contributed by atoms with Gasteiger partial charge in [-0.3, -0.25) is 0 Å². The maximum absolute atomic E-state index is 10.9. The Morgan fingerprint density at radius 2 is 1.61 bits per heavy atom. The van der Waals surface area contributed by atoms with E-state index in [2.05, 4.69) is 0 Å². The molecule has 0 atom stereocenters. The van der Waals surface area contributed by atoms with Crippen molar-refractivity contribution in [2.45, 2.75) is 13.8 Å². The largest absolute Gasteiger partial charge is 0.478 e. The first-order valence-electron chi connectivity index (χ1n) is 5.33. The Bertz CT molecular complexity index is 521. The van der Waals surface area contributed by atoms with Crippen LogP contribution in [0.15, 0.2) is 42.0 Å². The fraction of sp³-hybridized carbons (Fsp3) is 0.143. The molecule has 0 spiro atoms. The van der Waals surface area contributed by atoms with Gasteiger partial charge in [0.2, 0.25) is 0 Å². The molecule has 0 saturated carbocycles. The molecular weight excluding hydrogens is 232 g/mol. The van der Waals surface area contributed by atoms with E-state index in [1.165, 1.54) is 6.08 Å². The van der Waals surface area contributed by atoms with Crippen LogP contribution in [0, 0.1) is 6.92 Å². The maximum atomic E-state index is 10.9. The summed E-state index contributed by atoms with van der Waals surface area (Å²) in [6, 6.07) is 7.55. The normalized spacial score (nSPS) is 12.3. The summed E-state index contributed by atoms with van der Waals surface area (Å²) in [7, 11) is 0. The van der Waals surface area contributed by atoms with E-state index >= 15 is 0 Å². The van der Waals surface area contributed by atoms with Gasteiger partial charge >= 0.3 is 11.9 Å². The number of benzene rings is 1. The first-order valence-corrected chi connectivity index (χ1v) is 5.33. The van der Waals surface area contributed by atoms with Crippen LogP contribution in [0.2, 0.25) is 0 Å². The third-order valence-electron chi connectivity index (χ3n) is 2.40. The average Bonchev–Trinajstić information content (AvgIpc) is 2.28. The van der Waals surface area contributed by atoms with Gasteiger partial charge < -0.3 is 10.2 Å². The highest BCUT2D eigenvalue weighted by Gasteiger charge is 2.07. The van der Waals surface area contributed by atoms with Crippen molar-refractivity contribution in [3.8, 4) is 0 Å². The number of aryl methyl sites for hydroxylation is 1. The molecule has 0 aliphatic heterocycles. The van der Waals surface area contributed by atoms with E-state index in [9.17, 15) is 9.59 Å². The van der Waals surface area contributed by atoms with Crippen molar-refractivity contribution in [3.63, 3.8) is 0 Å². The molecule has 0 amide bonds. The van der Waals surface area contributed by atoms with E-state index in [0.717, 1.165) is 11.1 Å². The van der Waals surface area contributed by atoms with E-state index in [4.69, 9.17) is 10.2 Å². The minimum absolute atomic E-state index is 0.249. The van der Waals surface area contributed by atoms with Gasteiger partial charge in [0.15, 0.2) is 0 Å². The zero-order valence-corrected chi connectivity index (χ0v) is 10.2. The molecule has 0 radical (unpaired) electrons. The molecule has 0 aliphatic carbocycles. The highest BCUT2D eigenvalue weighted by atomic mass is 16.4. The van der Waals surface area contributed by atoms with Crippen molar-refractivity contribution in [2.24, 2.45) is 0 Å². The first-order chi connectivity index (χ1) is 8.40. The minimum Gasteiger partial charge on any atom is -0.478 e. The molecule has 0 aliphatic rings. The lowest BCUT2D eigenvalue weighted by Gasteiger charge is -2.03. The predicted molar refractivity (Wildman–Crippen MR) is 68.2 cm³/mol. The number of hydrogen-bond acceptors (Lipinski definition) is 2. The van der Waals surface area contributed by atoms with Crippen molar-refractivity contribution in [1.29, 1.82) is 0 Å². The van der Waals surface area contributed by atoms with Crippen molar-refractivity contribution >= 4 is 17.5 Å². The Morgan fingerprint density at radius 1 is 1.06 bits per heavy atom. The smallest absolute Gasteiger partial charge is 0.335 e. The first kappa shape index (κ1) is 13.7. The zero-order valence-electron chi connectivity index (χ0n) is 10.2. The zero-order chi connectivity index (χ0) is 13.7. The molecule has 4 nitrogen and oxygen atoms in total. The lowest BCUT2D eigenvalue weighted by molar-refractivity contribution is -0.134. The number of carbonyl (C=O) groups is 2. The molecule has 1 aromatic rings. The predicted octanol–water partition coefficient (Wildman–Crippen LogP) is 2.49. The fourth-order valence-electron chi connectivity index (χ4n) is 1.43. The Labute approximate surface area is 105 Å². The topological polar surface area (TPSA) is 74.6 Å². The third kappa shape index (κ3) is 3.90. The van der Waals surface area contributed by atoms with Gasteiger partial charge in [0.05, 0.1) is 5.57 Å². The molecule has 0 fully saturated rings. The van der Waals surface area contributed by atoms with Crippen molar-refractivity contribution in [1.82, 2.24) is 0 Å². The molecule has 0 unspecified atom stereocenters. The Hall–Kier alpha value is -2.36. The Kier molecular flexibility index (Phi) is 4.43. The standard InChI is InChI=1S/C14H14O4/c1-9-3-5-11(6-4-9)10(2)7-12(14(17)18)8-13(15)16/h3-8H,1-2H3,(H,15,16)(H,17,18)/b10-7?,12-8-. The molecule has 4 heteroatoms. The summed E-state index contributed by atoms with van der Waals surface area (Å²) < 4.78 is 0. The second-order valence-electron chi connectivity index (χ2n) is 3.94. The van der Waals surface area contributed by atoms with Crippen LogP contribution < -0.4 is 0 Å². The van der Waals surface area contributed by atoms with Crippen molar-refractivity contribution < 1.29 is 19.8 Å². The highest BCUT2D eigenvalue weighted by Crippen LogP contribution is 2.16. The molecule has 2 N–H and O–H groups in total. The van der Waals surface area contributed by atoms with Gasteiger partial charge in [0.1, 0.15) is 0 Å². The van der Waals surface area contributed by atoms with Gasteiger partial charge in [-0.1, -0.05) is 29.8 Å². The van der Waals surface area contributed by atoms with Gasteiger partial charge in [0.25, 0.3) is 0 Å². The van der Waals surface area contributed by atoms with Crippen LogP contribution >= 0.6 is 0 Å². The summed E-state index contributed by atoms with van der Waals surface area (Å²) in [6.45, 7) is 3.69. The van der Waals surface area contributed by atoms with Crippen LogP contribution in [-0.2, 0) is 9.59 Å². The lowest BCUT2D eigenvalue weighted by Crippen LogP contribution is -2.02. The van der Waals surface area contributed by atoms with Crippen molar-refractivity contribution in [3.05, 3.63) is 53.1 Å². The van der Waals surface area contributed by atoms with Gasteiger partial charge in [-0.25, -0.2) is 9.59 Å². The van der Waals surface area contributed by atoms with Crippen molar-refractivity contribution in [2.75, 3.05) is 0 Å². The number of hydrogen-bond donors (Lipinski definition) is 2. The Morgan fingerprint density at radius 3 is 2.06 bits per heavy atom. The summed E-state index contributed by atoms with van der Waals surface area (Å²) in [6.07, 6.45) is 2.03. The van der Waals surface area contributed by atoms with Crippen LogP contribution in [0.5, 0.6) is 0 Å². The molecule has 1 aromatic carbocycles. The second-order valence-corrected chi connectivity index (χ2v) is 3.94. The third-order valence-corrected chi connectivity index (χ3v) is 2.40. The number of rotatable bonds is 4. The SMILES string of the molecule is CC(=C/C(=C/C(=O)O)C(=O)O)c1ccc(C)cc1. The van der Waals surface area contributed by atoms with Gasteiger partial charge in [-0.15, -0.1) is 0 Å². The quantitative estimate of drug-likeness (QED) is 0.632. The second kappa shape index (κ2) is 5.82. The molecule has 0 aromatic heterocycles. The molecule has 0 saturated heterocycles. The van der Waals surface area contributed by atoms with Crippen LogP contribution in [0.1, 0.15) is 18.1 Å². The summed E-state index contributed by atoms with van der Waals surface area (Å²) in [5.74, 6) is -2.54. The van der Waals surface area contributed by atoms with Crippen LogP contribution in [0.25, 0.3) is 5.57 Å². The van der Waals surface area contributed by atoms with Gasteiger partial charge in [-0.2, -0.15) is 0 Å². The fourth-order valence-corrected chi connectivity index (χ4v) is 1.43. The van der Waals surface area contributed by atoms with E-state index in [1.54, 1.807) is 6.92 Å². The summed E-state index contributed by atoms with van der Waals surface area (Å²) in [5, 5.41) is 17.5. The molecular formula is C14H14O4. The van der Waals surface area contributed by atoms with Crippen LogP contribution in [-0.4, -0.2) is 22.2 Å². The van der Waals surface area contributed by atoms with Crippen LogP contribution in [0.4, 0.5) is 0 Å². The van der Waals surface area contributed by atoms with Crippen LogP contribution in [0.3, 0.4) is 0 Å². The summed E-state index contributed by atoms with van der Waals surface area (Å²) in [4.78, 5) is 21.4. The summed E-state index contributed by atoms with van der Waals surface area (Å²) in [5.41, 5.74) is 2.41. The average molecular weight is 246 g/mol. The lowest BCUT2D eigenvalue weighted by atomic mass is 10.0. The summed E-state index contributed by atoms with van der Waals surface area (Å²) >= 11 is 0. The molecule has 0 heterocycles. The molecule has 0 bridgehead atoms. The maximum Gasteiger partial charge on any atom is 0.335 e.